The molecule has 0 amide bonds. The number of H-pyrrole nitrogens is 4. The van der Waals surface area contributed by atoms with Crippen LogP contribution >= 0.6 is 22.7 Å². The van der Waals surface area contributed by atoms with Crippen molar-refractivity contribution in [2.75, 3.05) is 19.0 Å². The molecule has 61 heavy (non-hydrogen) atoms. The van der Waals surface area contributed by atoms with Gasteiger partial charge < -0.3 is 14.9 Å². The predicted octanol–water partition coefficient (Wildman–Crippen LogP) is 10.6. The third-order valence-electron chi connectivity index (χ3n) is 10.9. The summed E-state index contributed by atoms with van der Waals surface area (Å²) in [7, 11) is 3.99. The molecule has 0 aliphatic rings. The van der Waals surface area contributed by atoms with Crippen molar-refractivity contribution in [2.45, 2.75) is 0 Å². The second-order valence-electron chi connectivity index (χ2n) is 14.9. The van der Waals surface area contributed by atoms with E-state index in [1.165, 1.54) is 0 Å². The van der Waals surface area contributed by atoms with Crippen molar-refractivity contribution < 1.29 is 0 Å². The second-order valence-corrected chi connectivity index (χ2v) is 16.7. The molecule has 0 saturated heterocycles. The van der Waals surface area contributed by atoms with E-state index < -0.39 is 0 Å². The number of rotatable bonds is 8. The van der Waals surface area contributed by atoms with Crippen molar-refractivity contribution in [3.05, 3.63) is 127 Å². The summed E-state index contributed by atoms with van der Waals surface area (Å²) < 4.78 is 0. The maximum atomic E-state index is 5.24. The summed E-state index contributed by atoms with van der Waals surface area (Å²) in [6, 6.07) is 28.9. The number of thiophene rings is 2. The Labute approximate surface area is 354 Å². The maximum Gasteiger partial charge on any atom is 0.159 e. The molecule has 10 heterocycles. The molecule has 2 aromatic carbocycles. The van der Waals surface area contributed by atoms with E-state index in [0.29, 0.717) is 23.0 Å². The van der Waals surface area contributed by atoms with Gasteiger partial charge in [0.1, 0.15) is 11.4 Å². The van der Waals surface area contributed by atoms with Crippen LogP contribution in [-0.2, 0) is 0 Å². The molecule has 0 radical (unpaired) electrons. The number of nitrogens with one attached hydrogen (secondary N) is 4. The molecule has 12 rings (SSSR count). The Hall–Kier alpha value is -7.88. The summed E-state index contributed by atoms with van der Waals surface area (Å²) in [5.74, 6) is 1.34. The van der Waals surface area contributed by atoms with E-state index in [1.54, 1.807) is 35.1 Å². The first kappa shape index (κ1) is 35.1. The number of nitrogens with zero attached hydrogens (tertiary/aromatic N) is 9. The van der Waals surface area contributed by atoms with Crippen LogP contribution in [0.2, 0.25) is 0 Å². The summed E-state index contributed by atoms with van der Waals surface area (Å²) >= 11 is 3.34. The molecule has 0 saturated carbocycles. The summed E-state index contributed by atoms with van der Waals surface area (Å²) in [5, 5.41) is 22.1. The topological polar surface area (TPSA) is 170 Å². The van der Waals surface area contributed by atoms with Crippen molar-refractivity contribution in [3.8, 4) is 77.7 Å². The normalized spacial score (nSPS) is 11.8. The van der Waals surface area contributed by atoms with Gasteiger partial charge in [0.05, 0.1) is 68.3 Å². The van der Waals surface area contributed by atoms with E-state index in [4.69, 9.17) is 30.1 Å². The first-order valence-electron chi connectivity index (χ1n) is 19.4. The minimum absolute atomic E-state index is 0.661. The Morgan fingerprint density at radius 3 is 2.07 bits per heavy atom. The number of hydrogen-bond acceptors (Lipinski definition) is 11. The molecule has 4 N–H and O–H groups in total. The minimum atomic E-state index is 0.661. The zero-order valence-corrected chi connectivity index (χ0v) is 34.1. The molecule has 10 aromatic heterocycles. The van der Waals surface area contributed by atoms with E-state index in [0.717, 1.165) is 104 Å². The zero-order chi connectivity index (χ0) is 40.6. The van der Waals surface area contributed by atoms with Gasteiger partial charge in [-0.15, -0.1) is 22.7 Å². The van der Waals surface area contributed by atoms with Gasteiger partial charge >= 0.3 is 0 Å². The molecule has 0 atom stereocenters. The van der Waals surface area contributed by atoms with Crippen LogP contribution in [0.3, 0.4) is 0 Å². The van der Waals surface area contributed by atoms with Gasteiger partial charge in [-0.2, -0.15) is 10.2 Å². The fourth-order valence-electron chi connectivity index (χ4n) is 7.86. The van der Waals surface area contributed by atoms with Gasteiger partial charge in [-0.3, -0.25) is 25.1 Å². The summed E-state index contributed by atoms with van der Waals surface area (Å²) in [6.45, 7) is 0. The lowest BCUT2D eigenvalue weighted by molar-refractivity contribution is 1.10. The fourth-order valence-corrected chi connectivity index (χ4v) is 9.53. The highest BCUT2D eigenvalue weighted by molar-refractivity contribution is 7.14. The van der Waals surface area contributed by atoms with E-state index >= 15 is 0 Å². The number of fused-ring (bicyclic) bond motifs is 4. The van der Waals surface area contributed by atoms with Crippen molar-refractivity contribution in [1.29, 1.82) is 0 Å². The van der Waals surface area contributed by atoms with Gasteiger partial charge in [0.2, 0.25) is 0 Å². The van der Waals surface area contributed by atoms with E-state index in [1.807, 2.05) is 67.9 Å². The third kappa shape index (κ3) is 5.89. The molecule has 15 heteroatoms. The van der Waals surface area contributed by atoms with Crippen molar-refractivity contribution in [3.63, 3.8) is 0 Å². The number of anilines is 1. The van der Waals surface area contributed by atoms with E-state index in [9.17, 15) is 0 Å². The highest BCUT2D eigenvalue weighted by Gasteiger charge is 2.22. The number of aromatic amines is 4. The molecular formula is C46H31N13S2. The number of aromatic nitrogens is 12. The Bertz CT molecular complexity index is 3590. The lowest BCUT2D eigenvalue weighted by atomic mass is 10.1. The Balaban J connectivity index is 0.947. The number of hydrogen-bond donors (Lipinski definition) is 4. The van der Waals surface area contributed by atoms with Crippen LogP contribution in [0.15, 0.2) is 127 Å². The largest absolute Gasteiger partial charge is 0.376 e. The molecule has 292 valence electrons. The highest BCUT2D eigenvalue weighted by atomic mass is 32.1. The number of imidazole rings is 2. The maximum absolute atomic E-state index is 5.24. The van der Waals surface area contributed by atoms with Crippen molar-refractivity contribution >= 4 is 72.2 Å². The Morgan fingerprint density at radius 2 is 1.31 bits per heavy atom. The standard InChI is InChI=1S/C46H31N13S2/c1-59(2)27-15-25(20-48-21-27)34-17-30-36(22-49-34)55-57-43(30)45-51-33-11-4-9-29(41(33)54-45)38-16-26(23-61-38)39-42-31(18-35(50-39)24-7-5-13-47-19-24)44(58-56-42)46-52-32-10-3-8-28(40(32)53-46)37-12-6-14-60-37/h3-23H,1-2H3,(H,51,54)(H,52,53)(H,55,57)(H,56,58). The van der Waals surface area contributed by atoms with Crippen LogP contribution < -0.4 is 4.90 Å². The zero-order valence-electron chi connectivity index (χ0n) is 32.5. The van der Waals surface area contributed by atoms with Crippen LogP contribution in [0.1, 0.15) is 0 Å². The molecule has 12 aromatic rings. The predicted molar refractivity (Wildman–Crippen MR) is 244 cm³/mol. The average Bonchev–Trinajstić information content (AvgIpc) is 4.16. The van der Waals surface area contributed by atoms with Gasteiger partial charge in [0.25, 0.3) is 0 Å². The fraction of sp³-hybridized carbons (Fsp3) is 0.0435. The molecule has 13 nitrogen and oxygen atoms in total. The van der Waals surface area contributed by atoms with Crippen LogP contribution in [0.25, 0.3) is 122 Å². The smallest absolute Gasteiger partial charge is 0.159 e. The quantitative estimate of drug-likeness (QED) is 0.116. The molecule has 0 aliphatic heterocycles. The Morgan fingerprint density at radius 1 is 0.557 bits per heavy atom. The monoisotopic (exact) mass is 829 g/mol. The lowest BCUT2D eigenvalue weighted by Gasteiger charge is -2.12. The van der Waals surface area contributed by atoms with Crippen molar-refractivity contribution in [1.82, 2.24) is 60.3 Å². The van der Waals surface area contributed by atoms with Crippen LogP contribution in [0.4, 0.5) is 5.69 Å². The van der Waals surface area contributed by atoms with Gasteiger partial charge in [-0.05, 0) is 60.0 Å². The molecule has 0 aliphatic carbocycles. The van der Waals surface area contributed by atoms with Gasteiger partial charge in [-0.1, -0.05) is 30.3 Å². The Kier molecular flexibility index (Phi) is 7.98. The average molecular weight is 830 g/mol. The molecular weight excluding hydrogens is 799 g/mol. The minimum Gasteiger partial charge on any atom is -0.376 e. The van der Waals surface area contributed by atoms with Gasteiger partial charge in [-0.25, -0.2) is 15.0 Å². The first-order chi connectivity index (χ1) is 30.0. The van der Waals surface area contributed by atoms with Crippen LogP contribution in [0.5, 0.6) is 0 Å². The first-order valence-corrected chi connectivity index (χ1v) is 21.2. The molecule has 0 fully saturated rings. The summed E-state index contributed by atoms with van der Waals surface area (Å²) in [5.41, 5.74) is 14.9. The third-order valence-corrected chi connectivity index (χ3v) is 12.8. The lowest BCUT2D eigenvalue weighted by Crippen LogP contribution is -2.08. The SMILES string of the molecule is CN(C)c1cncc(-c2cc3c(-c4nc5c(-c6cc(-c7nc(-c8cccnc8)cc8c(-c9nc%10c(-c%11cccs%11)cccc%10[nH]9)n[nH]c78)cs6)cccc5[nH]4)n[nH]c3cn2)c1. The van der Waals surface area contributed by atoms with E-state index in [2.05, 4.69) is 95.5 Å². The molecule has 0 unspecified atom stereocenters. The van der Waals surface area contributed by atoms with Gasteiger partial charge in [0.15, 0.2) is 11.6 Å². The number of benzene rings is 2. The van der Waals surface area contributed by atoms with Crippen LogP contribution in [-0.4, -0.2) is 74.4 Å². The van der Waals surface area contributed by atoms with Gasteiger partial charge in [0, 0.05) is 86.4 Å². The van der Waals surface area contributed by atoms with Crippen molar-refractivity contribution in [2.24, 2.45) is 0 Å². The van der Waals surface area contributed by atoms with Crippen LogP contribution in [0, 0.1) is 0 Å². The number of pyridine rings is 4. The van der Waals surface area contributed by atoms with E-state index in [-0.39, 0.29) is 0 Å². The summed E-state index contributed by atoms with van der Waals surface area (Å²) in [6.07, 6.45) is 9.07. The molecule has 0 bridgehead atoms. The molecule has 0 spiro atoms. The highest BCUT2D eigenvalue weighted by Crippen LogP contribution is 2.41. The summed E-state index contributed by atoms with van der Waals surface area (Å²) in [4.78, 5) is 40.4. The second kappa shape index (κ2) is 13.9. The number of para-hydroxylation sites is 2.